The van der Waals surface area contributed by atoms with Gasteiger partial charge in [0.25, 0.3) is 5.91 Å². The van der Waals surface area contributed by atoms with Crippen molar-refractivity contribution in [1.82, 2.24) is 25.0 Å². The zero-order valence-electron chi connectivity index (χ0n) is 23.1. The molecule has 4 heterocycles. The maximum absolute atomic E-state index is 14.5. The van der Waals surface area contributed by atoms with Crippen molar-refractivity contribution < 1.29 is 18.4 Å². The van der Waals surface area contributed by atoms with Gasteiger partial charge in [-0.05, 0) is 80.3 Å². The van der Waals surface area contributed by atoms with Crippen molar-refractivity contribution in [3.05, 3.63) is 94.9 Å². The van der Waals surface area contributed by atoms with Gasteiger partial charge in [0.1, 0.15) is 23.2 Å². The van der Waals surface area contributed by atoms with Gasteiger partial charge in [-0.25, -0.2) is 13.5 Å². The van der Waals surface area contributed by atoms with Crippen LogP contribution in [0.25, 0.3) is 16.9 Å². The van der Waals surface area contributed by atoms with Gasteiger partial charge >= 0.3 is 0 Å². The van der Waals surface area contributed by atoms with Gasteiger partial charge in [0.05, 0.1) is 23.6 Å². The number of nitrogens with one attached hydrogen (secondary N) is 1. The summed E-state index contributed by atoms with van der Waals surface area (Å²) >= 11 is 0. The number of piperidine rings is 1. The normalized spacial score (nSPS) is 16.0. The summed E-state index contributed by atoms with van der Waals surface area (Å²) in [7, 11) is 0. The minimum absolute atomic E-state index is 0.0941. The second-order valence-electron chi connectivity index (χ2n) is 10.7. The van der Waals surface area contributed by atoms with Crippen LogP contribution in [0, 0.1) is 36.8 Å². The number of aryl methyl sites for hydroxylation is 2. The van der Waals surface area contributed by atoms with Crippen LogP contribution in [0.2, 0.25) is 0 Å². The Balaban J connectivity index is 1.29. The lowest BCUT2D eigenvalue weighted by molar-refractivity contribution is -0.124. The van der Waals surface area contributed by atoms with Crippen molar-refractivity contribution in [2.45, 2.75) is 32.2 Å². The molecule has 2 saturated heterocycles. The van der Waals surface area contributed by atoms with Crippen LogP contribution in [0.15, 0.2) is 60.9 Å². The lowest BCUT2D eigenvalue weighted by Gasteiger charge is -2.43. The van der Waals surface area contributed by atoms with Crippen molar-refractivity contribution in [1.29, 1.82) is 5.26 Å². The molecule has 2 aliphatic rings. The quantitative estimate of drug-likeness (QED) is 0.395. The van der Waals surface area contributed by atoms with E-state index >= 15 is 0 Å². The lowest BCUT2D eigenvalue weighted by atomic mass is 9.85. The molecule has 1 spiro atoms. The Bertz CT molecular complexity index is 1730. The van der Waals surface area contributed by atoms with E-state index in [1.165, 1.54) is 16.8 Å². The number of nitriles is 1. The molecule has 0 bridgehead atoms. The highest BCUT2D eigenvalue weighted by molar-refractivity contribution is 5.96. The first-order valence-electron chi connectivity index (χ1n) is 13.5. The molecule has 2 fully saturated rings. The molecule has 4 aromatic rings. The highest BCUT2D eigenvalue weighted by Crippen LogP contribution is 2.38. The minimum Gasteiger partial charge on any atom is -0.339 e. The molecule has 2 aliphatic heterocycles. The molecular formula is C31H27F2N7O2. The van der Waals surface area contributed by atoms with Crippen molar-refractivity contribution in [3.63, 3.8) is 0 Å². The maximum atomic E-state index is 14.5. The predicted molar refractivity (Wildman–Crippen MR) is 151 cm³/mol. The van der Waals surface area contributed by atoms with Gasteiger partial charge in [-0.2, -0.15) is 10.4 Å². The zero-order chi connectivity index (χ0) is 29.6. The van der Waals surface area contributed by atoms with E-state index in [0.717, 1.165) is 5.69 Å². The molecule has 2 amide bonds. The number of aromatic nitrogens is 3. The number of likely N-dealkylation sites (tertiary alicyclic amines) is 1. The highest BCUT2D eigenvalue weighted by Gasteiger charge is 2.51. The summed E-state index contributed by atoms with van der Waals surface area (Å²) in [5, 5.41) is 16.6. The van der Waals surface area contributed by atoms with Gasteiger partial charge in [-0.15, -0.1) is 0 Å². The Morgan fingerprint density at radius 2 is 1.79 bits per heavy atom. The highest BCUT2D eigenvalue weighted by atomic mass is 19.1. The van der Waals surface area contributed by atoms with Gasteiger partial charge in [0.2, 0.25) is 5.91 Å². The van der Waals surface area contributed by atoms with Crippen LogP contribution in [-0.2, 0) is 4.79 Å². The Kier molecular flexibility index (Phi) is 6.69. The third-order valence-electron chi connectivity index (χ3n) is 8.15. The standard InChI is InChI=1S/C31H27F2N7O2/c1-19-12-24(13-20(2)28(19)33)39-18-36-30(42)31(39)7-10-38(11-8-31)29(41)26-15-27(22-4-3-9-35-17-22)40(37-26)23-6-5-21(16-34)25(32)14-23/h3-6,9,12-15,17H,7-8,10-11,18H2,1-2H3,(H,36,42). The van der Waals surface area contributed by atoms with Gasteiger partial charge in [-0.3, -0.25) is 14.6 Å². The number of carbonyl (C=O) groups excluding carboxylic acids is 2. The van der Waals surface area contributed by atoms with Crippen LogP contribution in [0.3, 0.4) is 0 Å². The molecule has 6 rings (SSSR count). The summed E-state index contributed by atoms with van der Waals surface area (Å²) in [5.41, 5.74) is 2.55. The molecule has 212 valence electrons. The first-order valence-corrected chi connectivity index (χ1v) is 13.5. The van der Waals surface area contributed by atoms with Gasteiger partial charge in [0.15, 0.2) is 5.69 Å². The van der Waals surface area contributed by atoms with E-state index < -0.39 is 11.4 Å². The average molecular weight is 568 g/mol. The maximum Gasteiger partial charge on any atom is 0.274 e. The summed E-state index contributed by atoms with van der Waals surface area (Å²) in [6.45, 7) is 4.33. The van der Waals surface area contributed by atoms with Crippen LogP contribution in [0.4, 0.5) is 14.5 Å². The van der Waals surface area contributed by atoms with Crippen LogP contribution in [0.1, 0.15) is 40.0 Å². The number of nitrogens with zero attached hydrogens (tertiary/aromatic N) is 6. The average Bonchev–Trinajstić information content (AvgIpc) is 3.58. The minimum atomic E-state index is -0.853. The molecule has 1 N–H and O–H groups in total. The van der Waals surface area contributed by atoms with E-state index in [-0.39, 0.29) is 28.9 Å². The second kappa shape index (κ2) is 10.4. The molecule has 2 aromatic heterocycles. The molecule has 0 radical (unpaired) electrons. The SMILES string of the molecule is Cc1cc(N2CNC(=O)C23CCN(C(=O)c2cc(-c4cccnc4)n(-c4ccc(C#N)c(F)c4)n2)CC3)cc(C)c1F. The topological polar surface area (TPSA) is 107 Å². The largest absolute Gasteiger partial charge is 0.339 e. The van der Waals surface area contributed by atoms with E-state index in [9.17, 15) is 18.4 Å². The first kappa shape index (κ1) is 27.1. The lowest BCUT2D eigenvalue weighted by Crippen LogP contribution is -2.57. The molecular weight excluding hydrogens is 540 g/mol. The Hall–Kier alpha value is -5.11. The van der Waals surface area contributed by atoms with Gasteiger partial charge in [0, 0.05) is 42.8 Å². The van der Waals surface area contributed by atoms with Crippen molar-refractivity contribution in [2.75, 3.05) is 24.7 Å². The molecule has 0 aliphatic carbocycles. The summed E-state index contributed by atoms with van der Waals surface area (Å²) < 4.78 is 30.3. The fraction of sp³-hybridized carbons (Fsp3) is 0.258. The number of amides is 2. The molecule has 9 nitrogen and oxygen atoms in total. The number of rotatable bonds is 4. The first-order chi connectivity index (χ1) is 20.2. The van der Waals surface area contributed by atoms with E-state index in [0.29, 0.717) is 60.7 Å². The van der Waals surface area contributed by atoms with E-state index in [1.54, 1.807) is 61.5 Å². The third-order valence-corrected chi connectivity index (χ3v) is 8.15. The monoisotopic (exact) mass is 567 g/mol. The Morgan fingerprint density at radius 3 is 2.43 bits per heavy atom. The Labute approximate surface area is 241 Å². The molecule has 42 heavy (non-hydrogen) atoms. The molecule has 11 heteroatoms. The second-order valence-corrected chi connectivity index (χ2v) is 10.7. The van der Waals surface area contributed by atoms with Crippen LogP contribution in [0.5, 0.6) is 0 Å². The fourth-order valence-corrected chi connectivity index (χ4v) is 5.87. The number of anilines is 1. The van der Waals surface area contributed by atoms with Crippen LogP contribution < -0.4 is 10.2 Å². The predicted octanol–water partition coefficient (Wildman–Crippen LogP) is 4.27. The van der Waals surface area contributed by atoms with Crippen molar-refractivity contribution in [3.8, 4) is 23.0 Å². The Morgan fingerprint density at radius 1 is 1.05 bits per heavy atom. The van der Waals surface area contributed by atoms with Crippen LogP contribution >= 0.6 is 0 Å². The van der Waals surface area contributed by atoms with Gasteiger partial charge < -0.3 is 15.1 Å². The molecule has 2 aromatic carbocycles. The fourth-order valence-electron chi connectivity index (χ4n) is 5.87. The van der Waals surface area contributed by atoms with Crippen molar-refractivity contribution in [2.24, 2.45) is 0 Å². The number of hydrogen-bond donors (Lipinski definition) is 1. The van der Waals surface area contributed by atoms with Gasteiger partial charge in [-0.1, -0.05) is 0 Å². The van der Waals surface area contributed by atoms with E-state index in [1.807, 2.05) is 17.0 Å². The third kappa shape index (κ3) is 4.45. The van der Waals surface area contributed by atoms with Crippen LogP contribution in [-0.4, -0.2) is 56.8 Å². The smallest absolute Gasteiger partial charge is 0.274 e. The van der Waals surface area contributed by atoms with E-state index in [2.05, 4.69) is 15.4 Å². The summed E-state index contributed by atoms with van der Waals surface area (Å²) in [6, 6.07) is 14.6. The molecule has 0 atom stereocenters. The number of pyridine rings is 1. The molecule has 0 saturated carbocycles. The number of hydrogen-bond acceptors (Lipinski definition) is 6. The zero-order valence-corrected chi connectivity index (χ0v) is 23.1. The number of carbonyl (C=O) groups is 2. The van der Waals surface area contributed by atoms with E-state index in [4.69, 9.17) is 5.26 Å². The summed E-state index contributed by atoms with van der Waals surface area (Å²) in [6.07, 6.45) is 4.02. The number of halogens is 2. The number of benzene rings is 2. The summed E-state index contributed by atoms with van der Waals surface area (Å²) in [4.78, 5) is 34.7. The summed E-state index contributed by atoms with van der Waals surface area (Å²) in [5.74, 6) is -1.38. The van der Waals surface area contributed by atoms with Crippen molar-refractivity contribution >= 4 is 17.5 Å². The molecule has 0 unspecified atom stereocenters.